The number of rotatable bonds is 8. The molecule has 0 saturated heterocycles. The van der Waals surface area contributed by atoms with Gasteiger partial charge in [0.1, 0.15) is 6.61 Å². The van der Waals surface area contributed by atoms with Gasteiger partial charge in [0, 0.05) is 29.9 Å². The number of ketones is 1. The third-order valence-electron chi connectivity index (χ3n) is 3.68. The summed E-state index contributed by atoms with van der Waals surface area (Å²) in [4.78, 5) is 25.6. The Hall–Kier alpha value is -2.21. The van der Waals surface area contributed by atoms with Crippen molar-refractivity contribution in [1.29, 1.82) is 0 Å². The number of carbonyl (C=O) groups excluding carboxylic acids is 2. The van der Waals surface area contributed by atoms with Gasteiger partial charge < -0.3 is 9.64 Å². The lowest BCUT2D eigenvalue weighted by molar-refractivity contribution is -0.130. The molecule has 0 fully saturated rings. The van der Waals surface area contributed by atoms with E-state index in [0.717, 1.165) is 4.47 Å². The average molecular weight is 408 g/mol. The number of halogens is 2. The van der Waals surface area contributed by atoms with Gasteiger partial charge in [0.15, 0.2) is 17.3 Å². The summed E-state index contributed by atoms with van der Waals surface area (Å²) >= 11 is 3.31. The lowest BCUT2D eigenvalue weighted by Crippen LogP contribution is -2.31. The van der Waals surface area contributed by atoms with E-state index < -0.39 is 5.82 Å². The zero-order valence-electron chi connectivity index (χ0n) is 13.9. The minimum Gasteiger partial charge on any atom is -0.489 e. The van der Waals surface area contributed by atoms with E-state index in [4.69, 9.17) is 4.74 Å². The molecule has 0 atom stereocenters. The smallest absolute Gasteiger partial charge is 0.222 e. The van der Waals surface area contributed by atoms with Gasteiger partial charge in [0.2, 0.25) is 5.91 Å². The lowest BCUT2D eigenvalue weighted by atomic mass is 10.1. The zero-order valence-corrected chi connectivity index (χ0v) is 15.5. The summed E-state index contributed by atoms with van der Waals surface area (Å²) in [6.45, 7) is 0.503. The molecule has 0 spiro atoms. The van der Waals surface area contributed by atoms with Crippen molar-refractivity contribution in [3.8, 4) is 5.75 Å². The lowest BCUT2D eigenvalue weighted by Gasteiger charge is -2.17. The van der Waals surface area contributed by atoms with E-state index >= 15 is 0 Å². The third-order valence-corrected chi connectivity index (χ3v) is 4.21. The van der Waals surface area contributed by atoms with Crippen molar-refractivity contribution in [2.24, 2.45) is 0 Å². The minimum absolute atomic E-state index is 0.0724. The highest BCUT2D eigenvalue weighted by molar-refractivity contribution is 9.10. The van der Waals surface area contributed by atoms with Crippen molar-refractivity contribution in [3.63, 3.8) is 0 Å². The summed E-state index contributed by atoms with van der Waals surface area (Å²) in [5.74, 6) is -0.496. The third kappa shape index (κ3) is 5.98. The number of hydrogen-bond donors (Lipinski definition) is 0. The Balaban J connectivity index is 1.73. The molecule has 0 N–H and O–H groups in total. The fraction of sp³-hybridized carbons (Fsp3) is 0.263. The van der Waals surface area contributed by atoms with Gasteiger partial charge in [-0.1, -0.05) is 40.2 Å². The van der Waals surface area contributed by atoms with E-state index in [2.05, 4.69) is 15.9 Å². The molecule has 0 aliphatic heterocycles. The molecule has 1 amide bonds. The van der Waals surface area contributed by atoms with E-state index in [1.807, 2.05) is 0 Å². The number of benzene rings is 2. The van der Waals surface area contributed by atoms with Crippen LogP contribution >= 0.6 is 15.9 Å². The van der Waals surface area contributed by atoms with Gasteiger partial charge in [-0.25, -0.2) is 4.39 Å². The Morgan fingerprint density at radius 1 is 1.08 bits per heavy atom. The standard InChI is InChI=1S/C19H19BrFNO3/c1-22(12-13-25-18-5-3-2-4-16(18)21)19(24)11-10-17(23)14-6-8-15(20)9-7-14/h2-9H,10-13H2,1H3. The van der Waals surface area contributed by atoms with Gasteiger partial charge in [-0.3, -0.25) is 9.59 Å². The Morgan fingerprint density at radius 2 is 1.76 bits per heavy atom. The van der Waals surface area contributed by atoms with E-state index in [1.54, 1.807) is 43.4 Å². The summed E-state index contributed by atoms with van der Waals surface area (Å²) in [6.07, 6.45) is 0.282. The molecule has 0 aliphatic carbocycles. The molecular weight excluding hydrogens is 389 g/mol. The summed E-state index contributed by atoms with van der Waals surface area (Å²) in [5.41, 5.74) is 0.585. The summed E-state index contributed by atoms with van der Waals surface area (Å²) in [5, 5.41) is 0. The largest absolute Gasteiger partial charge is 0.489 e. The van der Waals surface area contributed by atoms with Gasteiger partial charge in [-0.15, -0.1) is 0 Å². The first kappa shape index (κ1) is 19.1. The van der Waals surface area contributed by atoms with Crippen molar-refractivity contribution in [2.45, 2.75) is 12.8 Å². The highest BCUT2D eigenvalue weighted by Crippen LogP contribution is 2.15. The SMILES string of the molecule is CN(CCOc1ccccc1F)C(=O)CCC(=O)c1ccc(Br)cc1. The fourth-order valence-corrected chi connectivity index (χ4v) is 2.43. The first-order valence-electron chi connectivity index (χ1n) is 7.87. The number of ether oxygens (including phenoxy) is 1. The van der Waals surface area contributed by atoms with Crippen molar-refractivity contribution in [1.82, 2.24) is 4.90 Å². The first-order valence-corrected chi connectivity index (χ1v) is 8.66. The number of hydrogen-bond acceptors (Lipinski definition) is 3. The molecule has 0 aliphatic rings. The zero-order chi connectivity index (χ0) is 18.2. The maximum absolute atomic E-state index is 13.4. The van der Waals surface area contributed by atoms with Crippen molar-refractivity contribution in [3.05, 3.63) is 64.4 Å². The highest BCUT2D eigenvalue weighted by Gasteiger charge is 2.13. The molecule has 132 valence electrons. The molecular formula is C19H19BrFNO3. The number of amides is 1. The second-order valence-electron chi connectivity index (χ2n) is 5.52. The molecule has 0 heterocycles. The Kier molecular flexibility index (Phi) is 7.13. The molecule has 0 radical (unpaired) electrons. The van der Waals surface area contributed by atoms with Gasteiger partial charge in [0.05, 0.1) is 6.54 Å². The predicted molar refractivity (Wildman–Crippen MR) is 97.2 cm³/mol. The van der Waals surface area contributed by atoms with E-state index in [-0.39, 0.29) is 36.9 Å². The van der Waals surface area contributed by atoms with Crippen LogP contribution in [0.2, 0.25) is 0 Å². The summed E-state index contributed by atoms with van der Waals surface area (Å²) in [7, 11) is 1.64. The van der Waals surface area contributed by atoms with Crippen LogP contribution in [-0.2, 0) is 4.79 Å². The Labute approximate surface area is 154 Å². The van der Waals surface area contributed by atoms with Crippen LogP contribution in [0.1, 0.15) is 23.2 Å². The maximum atomic E-state index is 13.4. The molecule has 2 aromatic rings. The van der Waals surface area contributed by atoms with E-state index in [0.29, 0.717) is 12.1 Å². The van der Waals surface area contributed by atoms with Gasteiger partial charge in [-0.05, 0) is 24.3 Å². The second kappa shape index (κ2) is 9.32. The second-order valence-corrected chi connectivity index (χ2v) is 6.44. The summed E-state index contributed by atoms with van der Waals surface area (Å²) in [6, 6.07) is 13.2. The topological polar surface area (TPSA) is 46.6 Å². The molecule has 0 saturated carbocycles. The van der Waals surface area contributed by atoms with Crippen LogP contribution in [0.25, 0.3) is 0 Å². The fourth-order valence-electron chi connectivity index (χ4n) is 2.17. The van der Waals surface area contributed by atoms with Crippen LogP contribution in [-0.4, -0.2) is 36.8 Å². The van der Waals surface area contributed by atoms with Crippen molar-refractivity contribution >= 4 is 27.6 Å². The van der Waals surface area contributed by atoms with Crippen LogP contribution in [0.4, 0.5) is 4.39 Å². The van der Waals surface area contributed by atoms with Crippen LogP contribution in [0.5, 0.6) is 5.75 Å². The molecule has 0 unspecified atom stereocenters. The van der Waals surface area contributed by atoms with Crippen LogP contribution in [0.3, 0.4) is 0 Å². The summed E-state index contributed by atoms with van der Waals surface area (Å²) < 4.78 is 19.6. The molecule has 0 bridgehead atoms. The maximum Gasteiger partial charge on any atom is 0.222 e. The number of nitrogens with zero attached hydrogens (tertiary/aromatic N) is 1. The number of likely N-dealkylation sites (N-methyl/N-ethyl adjacent to an activating group) is 1. The van der Waals surface area contributed by atoms with Crippen LogP contribution < -0.4 is 4.74 Å². The predicted octanol–water partition coefficient (Wildman–Crippen LogP) is 4.09. The van der Waals surface area contributed by atoms with Gasteiger partial charge in [-0.2, -0.15) is 0 Å². The van der Waals surface area contributed by atoms with Crippen LogP contribution in [0.15, 0.2) is 53.0 Å². The molecule has 25 heavy (non-hydrogen) atoms. The van der Waals surface area contributed by atoms with Crippen LogP contribution in [0, 0.1) is 5.82 Å². The Morgan fingerprint density at radius 3 is 2.44 bits per heavy atom. The van der Waals surface area contributed by atoms with Crippen molar-refractivity contribution < 1.29 is 18.7 Å². The normalized spacial score (nSPS) is 10.4. The van der Waals surface area contributed by atoms with Gasteiger partial charge in [0.25, 0.3) is 0 Å². The first-order chi connectivity index (χ1) is 12.0. The minimum atomic E-state index is -0.434. The number of carbonyl (C=O) groups is 2. The van der Waals surface area contributed by atoms with E-state index in [1.165, 1.54) is 17.0 Å². The Bertz CT molecular complexity index is 734. The van der Waals surface area contributed by atoms with E-state index in [9.17, 15) is 14.0 Å². The monoisotopic (exact) mass is 407 g/mol. The highest BCUT2D eigenvalue weighted by atomic mass is 79.9. The average Bonchev–Trinajstić information content (AvgIpc) is 2.61. The molecule has 4 nitrogen and oxygen atoms in total. The number of para-hydroxylation sites is 1. The number of Topliss-reactive ketones (excluding diaryl/α,β-unsaturated/α-hetero) is 1. The molecule has 6 heteroatoms. The van der Waals surface area contributed by atoms with Crippen molar-refractivity contribution in [2.75, 3.05) is 20.2 Å². The molecule has 2 rings (SSSR count). The quantitative estimate of drug-likeness (QED) is 0.619. The van der Waals surface area contributed by atoms with Gasteiger partial charge >= 0.3 is 0 Å². The molecule has 2 aromatic carbocycles. The molecule has 0 aromatic heterocycles.